The maximum atomic E-state index is 6.01. The quantitative estimate of drug-likeness (QED) is 0.572. The Morgan fingerprint density at radius 1 is 1.09 bits per heavy atom. The number of halogens is 3. The first-order valence-electron chi connectivity index (χ1n) is 6.63. The fourth-order valence-electron chi connectivity index (χ4n) is 2.27. The van der Waals surface area contributed by atoms with E-state index < -0.39 is 0 Å². The Balaban J connectivity index is 2.17. The number of hydrogen-bond donors (Lipinski definition) is 0. The SMILES string of the molecule is Cc1nn(C(c2ccc(Cl)cc2)n2ncc(Br)c2C)cc1Br. The smallest absolute Gasteiger partial charge is 0.169 e. The van der Waals surface area contributed by atoms with Crippen LogP contribution in [0.2, 0.25) is 5.02 Å². The summed E-state index contributed by atoms with van der Waals surface area (Å²) in [5.41, 5.74) is 3.02. The Kier molecular flexibility index (Phi) is 4.43. The first-order chi connectivity index (χ1) is 10.5. The van der Waals surface area contributed by atoms with Crippen molar-refractivity contribution in [2.75, 3.05) is 0 Å². The van der Waals surface area contributed by atoms with Gasteiger partial charge in [-0.05, 0) is 63.4 Å². The molecule has 0 saturated carbocycles. The van der Waals surface area contributed by atoms with Crippen molar-refractivity contribution >= 4 is 43.5 Å². The first kappa shape index (κ1) is 15.8. The highest BCUT2D eigenvalue weighted by Crippen LogP contribution is 2.27. The average molecular weight is 445 g/mol. The summed E-state index contributed by atoms with van der Waals surface area (Å²) in [6.07, 6.45) is 3.58. The summed E-state index contributed by atoms with van der Waals surface area (Å²) in [7, 11) is 0. The van der Waals surface area contributed by atoms with Crippen LogP contribution in [0.1, 0.15) is 23.1 Å². The lowest BCUT2D eigenvalue weighted by molar-refractivity contribution is 0.409. The Bertz CT molecular complexity index is 788. The summed E-state index contributed by atoms with van der Waals surface area (Å²) in [5, 5.41) is 9.79. The van der Waals surface area contributed by atoms with Crippen molar-refractivity contribution in [3.63, 3.8) is 0 Å². The van der Waals surface area contributed by atoms with Gasteiger partial charge in [0, 0.05) is 11.2 Å². The molecule has 1 atom stereocenters. The van der Waals surface area contributed by atoms with E-state index in [0.717, 1.165) is 25.9 Å². The van der Waals surface area contributed by atoms with Gasteiger partial charge in [-0.1, -0.05) is 23.7 Å². The van der Waals surface area contributed by atoms with E-state index in [0.29, 0.717) is 5.02 Å². The van der Waals surface area contributed by atoms with Crippen LogP contribution < -0.4 is 0 Å². The molecule has 1 unspecified atom stereocenters. The summed E-state index contributed by atoms with van der Waals surface area (Å²) in [6.45, 7) is 3.98. The van der Waals surface area contributed by atoms with Crippen molar-refractivity contribution in [2.45, 2.75) is 20.0 Å². The average Bonchev–Trinajstić information content (AvgIpc) is 2.98. The normalized spacial score (nSPS) is 12.6. The zero-order valence-electron chi connectivity index (χ0n) is 12.0. The van der Waals surface area contributed by atoms with Gasteiger partial charge in [-0.25, -0.2) is 9.36 Å². The van der Waals surface area contributed by atoms with Crippen LogP contribution in [0, 0.1) is 13.8 Å². The predicted molar refractivity (Wildman–Crippen MR) is 94.3 cm³/mol. The minimum Gasteiger partial charge on any atom is -0.242 e. The second kappa shape index (κ2) is 6.18. The zero-order valence-corrected chi connectivity index (χ0v) is 15.9. The molecule has 1 aromatic carbocycles. The number of nitrogens with zero attached hydrogens (tertiary/aromatic N) is 4. The van der Waals surface area contributed by atoms with E-state index in [9.17, 15) is 0 Å². The molecular formula is C15H13Br2ClN4. The highest BCUT2D eigenvalue weighted by molar-refractivity contribution is 9.10. The maximum Gasteiger partial charge on any atom is 0.169 e. The molecule has 2 aromatic heterocycles. The zero-order chi connectivity index (χ0) is 15.9. The van der Waals surface area contributed by atoms with Gasteiger partial charge in [0.2, 0.25) is 0 Å². The molecule has 0 aliphatic carbocycles. The summed E-state index contributed by atoms with van der Waals surface area (Å²) in [5.74, 6) is 0. The largest absolute Gasteiger partial charge is 0.242 e. The van der Waals surface area contributed by atoms with Gasteiger partial charge in [0.05, 0.1) is 26.5 Å². The van der Waals surface area contributed by atoms with Gasteiger partial charge in [0.1, 0.15) is 0 Å². The van der Waals surface area contributed by atoms with E-state index >= 15 is 0 Å². The van der Waals surface area contributed by atoms with Gasteiger partial charge in [-0.3, -0.25) is 0 Å². The molecule has 2 heterocycles. The van der Waals surface area contributed by atoms with E-state index in [1.165, 1.54) is 0 Å². The molecule has 0 aliphatic rings. The summed E-state index contributed by atoms with van der Waals surface area (Å²) in [4.78, 5) is 0. The van der Waals surface area contributed by atoms with Gasteiger partial charge in [0.15, 0.2) is 6.17 Å². The molecular weight excluding hydrogens is 431 g/mol. The molecule has 0 aliphatic heterocycles. The van der Waals surface area contributed by atoms with Gasteiger partial charge in [-0.15, -0.1) is 0 Å². The van der Waals surface area contributed by atoms with Crippen molar-refractivity contribution in [2.24, 2.45) is 0 Å². The monoisotopic (exact) mass is 442 g/mol. The number of benzene rings is 1. The van der Waals surface area contributed by atoms with Gasteiger partial charge in [-0.2, -0.15) is 10.2 Å². The Morgan fingerprint density at radius 2 is 1.77 bits per heavy atom. The molecule has 0 fully saturated rings. The molecule has 22 heavy (non-hydrogen) atoms. The molecule has 0 radical (unpaired) electrons. The number of aryl methyl sites for hydroxylation is 1. The third kappa shape index (κ3) is 2.87. The lowest BCUT2D eigenvalue weighted by atomic mass is 10.1. The number of hydrogen-bond acceptors (Lipinski definition) is 2. The minimum atomic E-state index is -0.173. The third-order valence-corrected chi connectivity index (χ3v) is 5.30. The van der Waals surface area contributed by atoms with Gasteiger partial charge < -0.3 is 0 Å². The van der Waals surface area contributed by atoms with E-state index in [-0.39, 0.29) is 6.17 Å². The number of rotatable bonds is 3. The second-order valence-electron chi connectivity index (χ2n) is 4.99. The van der Waals surface area contributed by atoms with Crippen LogP contribution in [0.5, 0.6) is 0 Å². The fraction of sp³-hybridized carbons (Fsp3) is 0.200. The highest BCUT2D eigenvalue weighted by Gasteiger charge is 2.21. The van der Waals surface area contributed by atoms with Crippen LogP contribution in [0.3, 0.4) is 0 Å². The van der Waals surface area contributed by atoms with E-state index in [1.807, 2.05) is 53.7 Å². The van der Waals surface area contributed by atoms with E-state index in [2.05, 4.69) is 42.1 Å². The number of aromatic nitrogens is 4. The van der Waals surface area contributed by atoms with Crippen LogP contribution in [-0.2, 0) is 0 Å². The second-order valence-corrected chi connectivity index (χ2v) is 7.14. The van der Waals surface area contributed by atoms with Crippen molar-refractivity contribution in [1.29, 1.82) is 0 Å². The van der Waals surface area contributed by atoms with Crippen LogP contribution in [0.25, 0.3) is 0 Å². The summed E-state index contributed by atoms with van der Waals surface area (Å²) in [6, 6.07) is 7.74. The lowest BCUT2D eigenvalue weighted by Gasteiger charge is -2.20. The van der Waals surface area contributed by atoms with Crippen molar-refractivity contribution in [3.8, 4) is 0 Å². The molecule has 3 aromatic rings. The molecule has 7 heteroatoms. The topological polar surface area (TPSA) is 35.6 Å². The predicted octanol–water partition coefficient (Wildman–Crippen LogP) is 4.97. The molecule has 0 bridgehead atoms. The van der Waals surface area contributed by atoms with E-state index in [1.54, 1.807) is 6.20 Å². The Morgan fingerprint density at radius 3 is 2.27 bits per heavy atom. The van der Waals surface area contributed by atoms with Crippen LogP contribution >= 0.6 is 43.5 Å². The highest BCUT2D eigenvalue weighted by atomic mass is 79.9. The van der Waals surface area contributed by atoms with Crippen LogP contribution in [-0.4, -0.2) is 19.6 Å². The summed E-state index contributed by atoms with van der Waals surface area (Å²) >= 11 is 13.1. The fourth-order valence-corrected chi connectivity index (χ4v) is 2.96. The molecule has 0 spiro atoms. The van der Waals surface area contributed by atoms with Crippen LogP contribution in [0.15, 0.2) is 45.6 Å². The van der Waals surface area contributed by atoms with Gasteiger partial charge >= 0.3 is 0 Å². The van der Waals surface area contributed by atoms with Crippen molar-refractivity contribution in [1.82, 2.24) is 19.6 Å². The minimum absolute atomic E-state index is 0.173. The first-order valence-corrected chi connectivity index (χ1v) is 8.60. The molecule has 0 N–H and O–H groups in total. The van der Waals surface area contributed by atoms with Crippen molar-refractivity contribution < 1.29 is 0 Å². The molecule has 0 saturated heterocycles. The lowest BCUT2D eigenvalue weighted by Crippen LogP contribution is -2.22. The summed E-state index contributed by atoms with van der Waals surface area (Å²) < 4.78 is 5.77. The standard InChI is InChI=1S/C15H13Br2ClN4/c1-9-14(17)8-21(20-9)15(11-3-5-12(18)6-4-11)22-10(2)13(16)7-19-22/h3-8,15H,1-2H3. The third-order valence-electron chi connectivity index (χ3n) is 3.49. The maximum absolute atomic E-state index is 6.01. The van der Waals surface area contributed by atoms with Crippen molar-refractivity contribution in [3.05, 3.63) is 67.6 Å². The molecule has 0 amide bonds. The van der Waals surface area contributed by atoms with E-state index in [4.69, 9.17) is 11.6 Å². The molecule has 4 nitrogen and oxygen atoms in total. The molecule has 3 rings (SSSR count). The molecule has 114 valence electrons. The Labute approximate surface area is 150 Å². The Hall–Kier alpha value is -1.11. The van der Waals surface area contributed by atoms with Crippen LogP contribution in [0.4, 0.5) is 0 Å². The van der Waals surface area contributed by atoms with Gasteiger partial charge in [0.25, 0.3) is 0 Å².